The molecule has 1 aliphatic heterocycles. The number of thioether (sulfide) groups is 1. The van der Waals surface area contributed by atoms with Crippen LogP contribution in [-0.4, -0.2) is 40.0 Å². The van der Waals surface area contributed by atoms with Crippen molar-refractivity contribution in [3.8, 4) is 11.8 Å². The first kappa shape index (κ1) is 21.2. The van der Waals surface area contributed by atoms with Gasteiger partial charge in [0.05, 0.1) is 29.6 Å². The SMILES string of the molecule is CCOC(=O)CC1=NC(SC)N(N)C(Oc2cc(C#N)ccc2C)=C1[N+](=O)[O-]. The van der Waals surface area contributed by atoms with Gasteiger partial charge in [0.1, 0.15) is 11.5 Å². The summed E-state index contributed by atoms with van der Waals surface area (Å²) in [5, 5.41) is 21.9. The minimum absolute atomic E-state index is 0.0893. The predicted octanol–water partition coefficient (Wildman–Crippen LogP) is 1.92. The number of hydrogen-bond donors (Lipinski definition) is 1. The number of aryl methyl sites for hydroxylation is 1. The fraction of sp³-hybridized carbons (Fsp3) is 0.353. The summed E-state index contributed by atoms with van der Waals surface area (Å²) in [4.78, 5) is 27.1. The molecule has 1 unspecified atom stereocenters. The number of esters is 1. The van der Waals surface area contributed by atoms with E-state index in [0.29, 0.717) is 11.1 Å². The maximum Gasteiger partial charge on any atom is 0.352 e. The first-order valence-corrected chi connectivity index (χ1v) is 9.47. The van der Waals surface area contributed by atoms with E-state index in [9.17, 15) is 14.9 Å². The van der Waals surface area contributed by atoms with Crippen molar-refractivity contribution in [1.82, 2.24) is 5.01 Å². The monoisotopic (exact) mass is 405 g/mol. The van der Waals surface area contributed by atoms with Gasteiger partial charge in [-0.1, -0.05) is 6.07 Å². The average molecular weight is 405 g/mol. The van der Waals surface area contributed by atoms with Crippen LogP contribution < -0.4 is 10.6 Å². The number of carbonyl (C=O) groups excluding carboxylic acids is 1. The third-order valence-electron chi connectivity index (χ3n) is 3.75. The van der Waals surface area contributed by atoms with Gasteiger partial charge in [0.15, 0.2) is 5.50 Å². The molecule has 0 aromatic heterocycles. The molecule has 11 heteroatoms. The molecule has 0 saturated heterocycles. The van der Waals surface area contributed by atoms with Crippen molar-refractivity contribution in [2.45, 2.75) is 25.8 Å². The Morgan fingerprint density at radius 2 is 2.25 bits per heavy atom. The van der Waals surface area contributed by atoms with Crippen molar-refractivity contribution >= 4 is 23.4 Å². The summed E-state index contributed by atoms with van der Waals surface area (Å²) < 4.78 is 10.6. The van der Waals surface area contributed by atoms with Gasteiger partial charge in [0.2, 0.25) is 0 Å². The lowest BCUT2D eigenvalue weighted by Gasteiger charge is -2.30. The highest BCUT2D eigenvalue weighted by molar-refractivity contribution is 7.99. The van der Waals surface area contributed by atoms with Crippen LogP contribution >= 0.6 is 11.8 Å². The van der Waals surface area contributed by atoms with Gasteiger partial charge in [0, 0.05) is 0 Å². The minimum atomic E-state index is -0.734. The van der Waals surface area contributed by atoms with Crippen LogP contribution in [0.25, 0.3) is 0 Å². The third-order valence-corrected chi connectivity index (χ3v) is 4.50. The number of benzene rings is 1. The molecule has 10 nitrogen and oxygen atoms in total. The molecule has 1 aliphatic rings. The first-order chi connectivity index (χ1) is 13.3. The molecular formula is C17H19N5O5S. The van der Waals surface area contributed by atoms with Gasteiger partial charge in [-0.15, -0.1) is 11.8 Å². The van der Waals surface area contributed by atoms with Gasteiger partial charge < -0.3 is 9.47 Å². The molecule has 0 aliphatic carbocycles. The molecule has 0 radical (unpaired) electrons. The number of allylic oxidation sites excluding steroid dienone is 1. The highest BCUT2D eigenvalue weighted by Crippen LogP contribution is 2.30. The molecule has 0 amide bonds. The molecule has 1 heterocycles. The highest BCUT2D eigenvalue weighted by Gasteiger charge is 2.39. The summed E-state index contributed by atoms with van der Waals surface area (Å²) in [5.74, 6) is 5.34. The predicted molar refractivity (Wildman–Crippen MR) is 103 cm³/mol. The zero-order valence-electron chi connectivity index (χ0n) is 15.5. The number of carbonyl (C=O) groups is 1. The topological polar surface area (TPSA) is 144 Å². The number of hydrazine groups is 1. The summed E-state index contributed by atoms with van der Waals surface area (Å²) in [5.41, 5.74) is -0.374. The summed E-state index contributed by atoms with van der Waals surface area (Å²) in [6.07, 6.45) is 1.32. The van der Waals surface area contributed by atoms with Gasteiger partial charge in [0.25, 0.3) is 5.88 Å². The molecule has 28 heavy (non-hydrogen) atoms. The fourth-order valence-corrected chi connectivity index (χ4v) is 2.97. The number of nitrogens with zero attached hydrogens (tertiary/aromatic N) is 4. The Morgan fingerprint density at radius 1 is 1.54 bits per heavy atom. The molecule has 0 bridgehead atoms. The smallest absolute Gasteiger partial charge is 0.352 e. The zero-order valence-corrected chi connectivity index (χ0v) is 16.4. The van der Waals surface area contributed by atoms with Crippen molar-refractivity contribution in [2.24, 2.45) is 10.8 Å². The van der Waals surface area contributed by atoms with Crippen LogP contribution in [0.4, 0.5) is 0 Å². The van der Waals surface area contributed by atoms with Crippen LogP contribution in [-0.2, 0) is 9.53 Å². The number of nitro groups is 1. The molecule has 0 saturated carbocycles. The lowest BCUT2D eigenvalue weighted by atomic mass is 10.1. The van der Waals surface area contributed by atoms with Crippen molar-refractivity contribution in [1.29, 1.82) is 5.26 Å². The van der Waals surface area contributed by atoms with E-state index >= 15 is 0 Å². The van der Waals surface area contributed by atoms with E-state index in [0.717, 1.165) is 5.01 Å². The maximum absolute atomic E-state index is 11.9. The number of hydrogen-bond acceptors (Lipinski definition) is 10. The molecule has 1 aromatic rings. The number of nitrogens with two attached hydrogens (primary N) is 1. The van der Waals surface area contributed by atoms with E-state index in [2.05, 4.69) is 4.99 Å². The van der Waals surface area contributed by atoms with Gasteiger partial charge in [-0.2, -0.15) is 5.26 Å². The van der Waals surface area contributed by atoms with Crippen LogP contribution in [0.3, 0.4) is 0 Å². The van der Waals surface area contributed by atoms with Crippen molar-refractivity contribution in [2.75, 3.05) is 12.9 Å². The van der Waals surface area contributed by atoms with Crippen LogP contribution in [0.5, 0.6) is 5.75 Å². The number of aliphatic imine (C=N–C) groups is 1. The van der Waals surface area contributed by atoms with E-state index in [1.807, 2.05) is 6.07 Å². The molecule has 148 valence electrons. The van der Waals surface area contributed by atoms with Crippen molar-refractivity contribution in [3.63, 3.8) is 0 Å². The van der Waals surface area contributed by atoms with Gasteiger partial charge in [-0.25, -0.2) is 15.8 Å². The number of ether oxygens (including phenoxy) is 2. The van der Waals surface area contributed by atoms with Crippen LogP contribution in [0, 0.1) is 28.4 Å². The highest BCUT2D eigenvalue weighted by atomic mass is 32.2. The van der Waals surface area contributed by atoms with Gasteiger partial charge in [-0.05, 0) is 37.8 Å². The molecule has 0 fully saturated rings. The molecule has 1 atom stereocenters. The molecular weight excluding hydrogens is 386 g/mol. The summed E-state index contributed by atoms with van der Waals surface area (Å²) in [6, 6.07) is 6.70. The zero-order chi connectivity index (χ0) is 20.8. The summed E-state index contributed by atoms with van der Waals surface area (Å²) in [6.45, 7) is 3.50. The second-order valence-electron chi connectivity index (χ2n) is 5.63. The quantitative estimate of drug-likeness (QED) is 0.311. The Morgan fingerprint density at radius 3 is 2.82 bits per heavy atom. The number of rotatable bonds is 7. The van der Waals surface area contributed by atoms with Crippen LogP contribution in [0.2, 0.25) is 0 Å². The molecule has 0 spiro atoms. The van der Waals surface area contributed by atoms with E-state index in [4.69, 9.17) is 20.6 Å². The number of nitriles is 1. The van der Waals surface area contributed by atoms with Crippen molar-refractivity contribution < 1.29 is 19.2 Å². The molecule has 2 N–H and O–H groups in total. The molecule has 1 aromatic carbocycles. The van der Waals surface area contributed by atoms with E-state index in [-0.39, 0.29) is 30.4 Å². The van der Waals surface area contributed by atoms with Crippen LogP contribution in [0.15, 0.2) is 34.8 Å². The second kappa shape index (κ2) is 9.20. The largest absolute Gasteiger partial charge is 0.466 e. The molecule has 2 rings (SSSR count). The lowest BCUT2D eigenvalue weighted by Crippen LogP contribution is -2.45. The Balaban J connectivity index is 2.54. The van der Waals surface area contributed by atoms with E-state index < -0.39 is 22.1 Å². The second-order valence-corrected chi connectivity index (χ2v) is 6.52. The Hall–Kier alpha value is -3.10. The normalized spacial score (nSPS) is 16.3. The fourth-order valence-electron chi connectivity index (χ4n) is 2.42. The van der Waals surface area contributed by atoms with E-state index in [1.54, 1.807) is 32.2 Å². The third kappa shape index (κ3) is 4.59. The average Bonchev–Trinajstić information content (AvgIpc) is 2.65. The van der Waals surface area contributed by atoms with E-state index in [1.165, 1.54) is 17.8 Å². The first-order valence-electron chi connectivity index (χ1n) is 8.19. The minimum Gasteiger partial charge on any atom is -0.466 e. The van der Waals surface area contributed by atoms with Gasteiger partial charge in [-0.3, -0.25) is 14.9 Å². The lowest BCUT2D eigenvalue weighted by molar-refractivity contribution is -0.419. The standard InChI is InChI=1S/C17H19N5O5S/c1-4-26-14(23)8-12-15(22(24)25)16(21(19)17(20-12)28-3)27-13-7-11(9-18)6-5-10(13)2/h5-7,17H,4,8,19H2,1-3H3. The Kier molecular flexibility index (Phi) is 6.97. The van der Waals surface area contributed by atoms with Crippen molar-refractivity contribution in [3.05, 3.63) is 51.0 Å². The Labute approximate surface area is 165 Å². The van der Waals surface area contributed by atoms with Crippen LogP contribution in [0.1, 0.15) is 24.5 Å². The summed E-state index contributed by atoms with van der Waals surface area (Å²) in [7, 11) is 0. The Bertz CT molecular complexity index is 892. The van der Waals surface area contributed by atoms with Gasteiger partial charge >= 0.3 is 11.7 Å². The maximum atomic E-state index is 11.9. The summed E-state index contributed by atoms with van der Waals surface area (Å²) >= 11 is 1.21.